The van der Waals surface area contributed by atoms with Crippen LogP contribution in [0.25, 0.3) is 5.76 Å². The van der Waals surface area contributed by atoms with Crippen LogP contribution >= 0.6 is 0 Å². The summed E-state index contributed by atoms with van der Waals surface area (Å²) in [6.45, 7) is 1.45. The molecule has 3 amide bonds. The number of aromatic hydroxyl groups is 1. The average molecular weight is 715 g/mol. The second kappa shape index (κ2) is 11.7. The zero-order valence-electron chi connectivity index (χ0n) is 25.9. The Hall–Kier alpha value is -5.14. The van der Waals surface area contributed by atoms with E-state index >= 15 is 0 Å². The predicted octanol–water partition coefficient (Wildman–Crippen LogP) is 3.18. The van der Waals surface area contributed by atoms with E-state index in [2.05, 4.69) is 0 Å². The minimum absolute atomic E-state index is 0.0609. The Balaban J connectivity index is 1.57. The lowest BCUT2D eigenvalue weighted by Crippen LogP contribution is -2.70. The van der Waals surface area contributed by atoms with Crippen molar-refractivity contribution in [1.29, 1.82) is 0 Å². The zero-order chi connectivity index (χ0) is 37.6. The molecule has 0 saturated heterocycles. The minimum Gasteiger partial charge on any atom is -0.508 e. The van der Waals surface area contributed by atoms with Crippen molar-refractivity contribution in [1.82, 2.24) is 4.90 Å². The van der Waals surface area contributed by atoms with Crippen molar-refractivity contribution in [2.24, 2.45) is 17.6 Å². The van der Waals surface area contributed by atoms with E-state index in [-0.39, 0.29) is 23.8 Å². The molecule has 1 fully saturated rings. The Morgan fingerprint density at radius 1 is 0.940 bits per heavy atom. The maximum absolute atomic E-state index is 14.1. The minimum atomic E-state index is -5.21. The van der Waals surface area contributed by atoms with Gasteiger partial charge in [-0.3, -0.25) is 19.3 Å². The number of alkyl halides is 6. The quantitative estimate of drug-likeness (QED) is 0.131. The fourth-order valence-corrected chi connectivity index (χ4v) is 7.03. The number of nitrogens with zero attached hydrogens (tertiary/aromatic N) is 1. The number of phenolic OH excluding ortho intramolecular Hbond substituents is 1. The van der Waals surface area contributed by atoms with Gasteiger partial charge in [-0.2, -0.15) is 26.3 Å². The third kappa shape index (κ3) is 5.41. The number of hydrogen-bond acceptors (Lipinski definition) is 10. The summed E-state index contributed by atoms with van der Waals surface area (Å²) in [5.41, 5.74) is -5.14. The van der Waals surface area contributed by atoms with Gasteiger partial charge in [-0.1, -0.05) is 13.0 Å². The lowest BCUT2D eigenvalue weighted by atomic mass is 9.54. The Morgan fingerprint density at radius 3 is 2.00 bits per heavy atom. The number of benzene rings is 2. The number of halogens is 6. The van der Waals surface area contributed by atoms with Gasteiger partial charge in [-0.15, -0.1) is 0 Å². The smallest absolute Gasteiger partial charge is 0.416 e. The number of carbonyl (C=O) groups excluding carboxylic acids is 4. The highest BCUT2D eigenvalue weighted by Crippen LogP contribution is 2.56. The molecule has 13 nitrogen and oxygen atoms in total. The van der Waals surface area contributed by atoms with Crippen LogP contribution in [0.4, 0.5) is 42.5 Å². The number of carbonyl (C=O) groups is 4. The van der Waals surface area contributed by atoms with E-state index in [0.29, 0.717) is 0 Å². The molecule has 19 heteroatoms. The monoisotopic (exact) mass is 714 g/mol. The molecule has 0 aromatic heterocycles. The molecule has 0 aliphatic heterocycles. The van der Waals surface area contributed by atoms with E-state index in [4.69, 9.17) is 5.73 Å². The molecule has 3 aliphatic rings. The number of anilines is 2. The number of hydrogen-bond donors (Lipinski definition) is 8. The fourth-order valence-electron chi connectivity index (χ4n) is 7.03. The van der Waals surface area contributed by atoms with Crippen LogP contribution in [-0.4, -0.2) is 85.8 Å². The highest BCUT2D eigenvalue weighted by atomic mass is 19.4. The molecule has 1 unspecified atom stereocenters. The Morgan fingerprint density at radius 2 is 1.50 bits per heavy atom. The third-order valence-electron chi connectivity index (χ3n) is 9.22. The molecule has 6 atom stereocenters. The number of primary amides is 1. The SMILES string of the molecule is C[C@H]1c2ccc(NC(=O)Nc3cc(C(F)(F)F)cc(C(F)(F)F)c3)c(O)c2C(O)=C2C(=O)[C@]3(O)C(O)=C(C(N)=O)C(=O)[C@@H](N(C)C)[C@@H]3C(O)[C@@H]21. The number of rotatable bonds is 4. The number of amides is 3. The number of likely N-dealkylation sites (N-methyl/N-ethyl adjacent to an activating group) is 1. The molecule has 9 N–H and O–H groups in total. The molecule has 0 heterocycles. The van der Waals surface area contributed by atoms with Gasteiger partial charge in [0.2, 0.25) is 5.78 Å². The molecule has 1 saturated carbocycles. The number of nitrogens with one attached hydrogen (secondary N) is 2. The van der Waals surface area contributed by atoms with Crippen molar-refractivity contribution in [3.05, 3.63) is 69.5 Å². The summed E-state index contributed by atoms with van der Waals surface area (Å²) in [6, 6.07) is -0.388. The first-order chi connectivity index (χ1) is 22.9. The normalized spacial score (nSPS) is 26.8. The number of nitrogens with two attached hydrogens (primary N) is 1. The van der Waals surface area contributed by atoms with Crippen LogP contribution in [0.3, 0.4) is 0 Å². The van der Waals surface area contributed by atoms with E-state index in [9.17, 15) is 71.1 Å². The van der Waals surface area contributed by atoms with Crippen molar-refractivity contribution >= 4 is 40.6 Å². The molecule has 2 aromatic carbocycles. The number of fused-ring (bicyclic) bond motifs is 3. The Bertz CT molecular complexity index is 1890. The van der Waals surface area contributed by atoms with Gasteiger partial charge in [0, 0.05) is 17.2 Å². The number of aliphatic hydroxyl groups is 4. The molecular formula is C31H28F6N4O9. The average Bonchev–Trinajstić information content (AvgIpc) is 2.98. The predicted molar refractivity (Wildman–Crippen MR) is 159 cm³/mol. The Labute approximate surface area is 277 Å². The first-order valence-corrected chi connectivity index (χ1v) is 14.5. The highest BCUT2D eigenvalue weighted by Gasteiger charge is 2.68. The number of urea groups is 1. The summed E-state index contributed by atoms with van der Waals surface area (Å²) in [5, 5.41) is 60.8. The van der Waals surface area contributed by atoms with Crippen molar-refractivity contribution in [3.63, 3.8) is 0 Å². The zero-order valence-corrected chi connectivity index (χ0v) is 25.9. The van der Waals surface area contributed by atoms with Crippen LogP contribution in [0, 0.1) is 11.8 Å². The number of aliphatic hydroxyl groups excluding tert-OH is 3. The summed E-state index contributed by atoms with van der Waals surface area (Å²) in [5.74, 6) is -11.7. The van der Waals surface area contributed by atoms with Crippen molar-refractivity contribution in [2.75, 3.05) is 24.7 Å². The van der Waals surface area contributed by atoms with Gasteiger partial charge >= 0.3 is 18.4 Å². The molecular weight excluding hydrogens is 686 g/mol. The summed E-state index contributed by atoms with van der Waals surface area (Å²) in [7, 11) is 2.68. The van der Waals surface area contributed by atoms with Crippen LogP contribution in [-0.2, 0) is 26.7 Å². The maximum Gasteiger partial charge on any atom is 0.416 e. The van der Waals surface area contributed by atoms with Crippen LogP contribution in [0.5, 0.6) is 5.75 Å². The molecule has 2 aromatic rings. The number of Topliss-reactive ketones (excluding diaryl/α,β-unsaturated/α-hetero) is 2. The largest absolute Gasteiger partial charge is 0.508 e. The molecule has 0 radical (unpaired) electrons. The third-order valence-corrected chi connectivity index (χ3v) is 9.22. The lowest BCUT2D eigenvalue weighted by Gasteiger charge is -2.53. The van der Waals surface area contributed by atoms with Crippen molar-refractivity contribution in [2.45, 2.75) is 42.9 Å². The van der Waals surface area contributed by atoms with Crippen LogP contribution in [0.15, 0.2) is 47.2 Å². The highest BCUT2D eigenvalue weighted by molar-refractivity contribution is 6.24. The second-order valence-electron chi connectivity index (χ2n) is 12.3. The van der Waals surface area contributed by atoms with Gasteiger partial charge < -0.3 is 41.9 Å². The summed E-state index contributed by atoms with van der Waals surface area (Å²) in [6.07, 6.45) is -12.3. The molecule has 0 bridgehead atoms. The molecule has 50 heavy (non-hydrogen) atoms. The first kappa shape index (κ1) is 36.1. The van der Waals surface area contributed by atoms with Gasteiger partial charge in [0.05, 0.1) is 40.4 Å². The van der Waals surface area contributed by atoms with Crippen molar-refractivity contribution in [3.8, 4) is 5.75 Å². The molecule has 0 spiro atoms. The second-order valence-corrected chi connectivity index (χ2v) is 12.3. The first-order valence-electron chi connectivity index (χ1n) is 14.5. The Kier molecular flexibility index (Phi) is 8.48. The standard InChI is InChI=1S/C31H28F6N4O9/c1-9-13-4-5-14(40-28(49)39-12-7-10(30(32,33)34)6-11(8-12)31(35,36)37)21(42)16(13)22(43)17-15(9)23(44)19-20(41(2)3)24(45)18(27(38)48)26(47)29(19,50)25(17)46/h4-9,15,19-20,23,42-44,47,50H,1-3H3,(H2,38,48)(H2,39,40,49)/t9-,15+,19+,20-,23?,29-/m0/s1. The number of ketones is 2. The van der Waals surface area contributed by atoms with Gasteiger partial charge in [-0.05, 0) is 49.8 Å². The molecule has 5 rings (SSSR count). The summed E-state index contributed by atoms with van der Waals surface area (Å²) in [4.78, 5) is 53.4. The van der Waals surface area contributed by atoms with Crippen LogP contribution in [0.1, 0.15) is 35.1 Å². The topological polar surface area (TPSA) is 223 Å². The van der Waals surface area contributed by atoms with Gasteiger partial charge in [0.25, 0.3) is 5.91 Å². The maximum atomic E-state index is 14.1. The molecule has 268 valence electrons. The summed E-state index contributed by atoms with van der Waals surface area (Å²) >= 11 is 0. The number of phenols is 1. The fraction of sp³-hybridized carbons (Fsp3) is 0.355. The van der Waals surface area contributed by atoms with Crippen LogP contribution in [0.2, 0.25) is 0 Å². The van der Waals surface area contributed by atoms with Gasteiger partial charge in [0.1, 0.15) is 22.8 Å². The van der Waals surface area contributed by atoms with E-state index < -0.39 is 128 Å². The lowest BCUT2D eigenvalue weighted by molar-refractivity contribution is -0.169. The van der Waals surface area contributed by atoms with Gasteiger partial charge in [0.15, 0.2) is 11.4 Å². The van der Waals surface area contributed by atoms with Crippen molar-refractivity contribution < 1.29 is 71.1 Å². The van der Waals surface area contributed by atoms with E-state index in [0.717, 1.165) is 6.07 Å². The van der Waals surface area contributed by atoms with E-state index in [1.165, 1.54) is 32.0 Å². The van der Waals surface area contributed by atoms with Gasteiger partial charge in [-0.25, -0.2) is 4.79 Å². The van der Waals surface area contributed by atoms with Crippen LogP contribution < -0.4 is 16.4 Å². The van der Waals surface area contributed by atoms with E-state index in [1.807, 2.05) is 10.6 Å². The van der Waals surface area contributed by atoms with E-state index in [1.54, 1.807) is 0 Å². The summed E-state index contributed by atoms with van der Waals surface area (Å²) < 4.78 is 79.6. The molecule has 3 aliphatic carbocycles.